The van der Waals surface area contributed by atoms with Crippen molar-refractivity contribution < 1.29 is 9.59 Å². The maximum atomic E-state index is 12.7. The summed E-state index contributed by atoms with van der Waals surface area (Å²) in [5, 5.41) is 4.92. The van der Waals surface area contributed by atoms with Crippen molar-refractivity contribution >= 4 is 23.2 Å². The number of hydrogen-bond donors (Lipinski definition) is 1. The Hall–Kier alpha value is -1.36. The lowest BCUT2D eigenvalue weighted by atomic mass is 9.75. The van der Waals surface area contributed by atoms with Crippen LogP contribution in [0.5, 0.6) is 0 Å². The van der Waals surface area contributed by atoms with E-state index in [4.69, 9.17) is 0 Å². The van der Waals surface area contributed by atoms with E-state index >= 15 is 0 Å². The molecule has 0 bridgehead atoms. The Labute approximate surface area is 142 Å². The van der Waals surface area contributed by atoms with Gasteiger partial charge in [-0.15, -0.1) is 11.3 Å². The summed E-state index contributed by atoms with van der Waals surface area (Å²) < 4.78 is 0. The van der Waals surface area contributed by atoms with E-state index in [1.165, 1.54) is 32.6 Å². The van der Waals surface area contributed by atoms with Crippen LogP contribution in [0.15, 0.2) is 17.5 Å². The fourth-order valence-corrected chi connectivity index (χ4v) is 4.87. The van der Waals surface area contributed by atoms with E-state index in [1.807, 2.05) is 22.4 Å². The number of fused-ring (bicyclic) bond motifs is 1. The second-order valence-electron chi connectivity index (χ2n) is 6.91. The Bertz CT molecular complexity index is 543. The van der Waals surface area contributed by atoms with Crippen LogP contribution in [0.4, 0.5) is 0 Å². The van der Waals surface area contributed by atoms with E-state index in [-0.39, 0.29) is 17.9 Å². The first-order valence-corrected chi connectivity index (χ1v) is 9.59. The molecule has 3 rings (SSSR count). The van der Waals surface area contributed by atoms with E-state index in [0.717, 1.165) is 30.3 Å². The van der Waals surface area contributed by atoms with E-state index in [2.05, 4.69) is 5.32 Å². The van der Waals surface area contributed by atoms with Gasteiger partial charge in [0.15, 0.2) is 0 Å². The van der Waals surface area contributed by atoms with Gasteiger partial charge in [0.2, 0.25) is 11.8 Å². The lowest BCUT2D eigenvalue weighted by Crippen LogP contribution is -2.45. The van der Waals surface area contributed by atoms with Gasteiger partial charge in [-0.05, 0) is 36.1 Å². The molecule has 5 heteroatoms. The van der Waals surface area contributed by atoms with Gasteiger partial charge >= 0.3 is 0 Å². The zero-order chi connectivity index (χ0) is 16.2. The first-order chi connectivity index (χ1) is 11.1. The molecule has 1 saturated carbocycles. The molecule has 3 atom stereocenters. The van der Waals surface area contributed by atoms with Crippen LogP contribution in [0.1, 0.15) is 56.4 Å². The second kappa shape index (κ2) is 7.47. The van der Waals surface area contributed by atoms with Crippen molar-refractivity contribution in [2.24, 2.45) is 11.8 Å². The summed E-state index contributed by atoms with van der Waals surface area (Å²) in [4.78, 5) is 27.3. The minimum absolute atomic E-state index is 0.0813. The molecule has 1 aliphatic carbocycles. The zero-order valence-electron chi connectivity index (χ0n) is 13.8. The maximum Gasteiger partial charge on any atom is 0.225 e. The molecule has 126 valence electrons. The number of likely N-dealkylation sites (tertiary alicyclic amines) is 1. The zero-order valence-corrected chi connectivity index (χ0v) is 14.6. The Morgan fingerprint density at radius 3 is 2.78 bits per heavy atom. The molecular formula is C18H26N2O2S. The highest BCUT2D eigenvalue weighted by Gasteiger charge is 2.33. The van der Waals surface area contributed by atoms with Crippen LogP contribution in [0, 0.1) is 11.8 Å². The molecule has 0 spiro atoms. The molecule has 2 heterocycles. The molecule has 1 N–H and O–H groups in total. The van der Waals surface area contributed by atoms with Crippen molar-refractivity contribution in [2.45, 2.75) is 51.5 Å². The fourth-order valence-electron chi connectivity index (χ4n) is 4.09. The molecule has 23 heavy (non-hydrogen) atoms. The summed E-state index contributed by atoms with van der Waals surface area (Å²) in [6, 6.07) is 3.77. The van der Waals surface area contributed by atoms with Gasteiger partial charge in [0.25, 0.3) is 0 Å². The third-order valence-corrected chi connectivity index (χ3v) is 6.27. The molecule has 1 aromatic rings. The monoisotopic (exact) mass is 334 g/mol. The van der Waals surface area contributed by atoms with Crippen LogP contribution in [0.3, 0.4) is 0 Å². The standard InChI is InChI=1S/C18H26N2O2S/c1-13(21)19-16(17-7-4-10-23-17)11-18(22)20-9-8-14-5-2-3-6-15(14)12-20/h4,7,10,14-16H,2-3,5-6,8-9,11-12H2,1H3,(H,19,21)/t14-,15-,16-/m1/s1. The van der Waals surface area contributed by atoms with Crippen LogP contribution in [0.2, 0.25) is 0 Å². The first kappa shape index (κ1) is 16.5. The quantitative estimate of drug-likeness (QED) is 0.918. The lowest BCUT2D eigenvalue weighted by molar-refractivity contribution is -0.135. The van der Waals surface area contributed by atoms with Gasteiger partial charge in [0.1, 0.15) is 0 Å². The fraction of sp³-hybridized carbons (Fsp3) is 0.667. The minimum Gasteiger partial charge on any atom is -0.348 e. The summed E-state index contributed by atoms with van der Waals surface area (Å²) in [6.07, 6.45) is 6.81. The summed E-state index contributed by atoms with van der Waals surface area (Å²) in [5.41, 5.74) is 0. The summed E-state index contributed by atoms with van der Waals surface area (Å²) >= 11 is 1.59. The third kappa shape index (κ3) is 4.14. The van der Waals surface area contributed by atoms with Gasteiger partial charge in [-0.2, -0.15) is 0 Å². The number of nitrogens with one attached hydrogen (secondary N) is 1. The van der Waals surface area contributed by atoms with Crippen LogP contribution in [-0.4, -0.2) is 29.8 Å². The topological polar surface area (TPSA) is 49.4 Å². The average Bonchev–Trinajstić information content (AvgIpc) is 3.07. The van der Waals surface area contributed by atoms with Crippen LogP contribution in [-0.2, 0) is 9.59 Å². The number of hydrogen-bond acceptors (Lipinski definition) is 3. The van der Waals surface area contributed by atoms with Crippen molar-refractivity contribution in [3.8, 4) is 0 Å². The van der Waals surface area contributed by atoms with Gasteiger partial charge in [0.05, 0.1) is 12.5 Å². The molecule has 4 nitrogen and oxygen atoms in total. The van der Waals surface area contributed by atoms with Crippen LogP contribution >= 0.6 is 11.3 Å². The van der Waals surface area contributed by atoms with E-state index in [1.54, 1.807) is 11.3 Å². The molecule has 1 saturated heterocycles. The van der Waals surface area contributed by atoms with Gasteiger partial charge in [-0.3, -0.25) is 9.59 Å². The molecule has 2 fully saturated rings. The van der Waals surface area contributed by atoms with Crippen molar-refractivity contribution in [3.05, 3.63) is 22.4 Å². The van der Waals surface area contributed by atoms with Crippen LogP contribution in [0.25, 0.3) is 0 Å². The number of nitrogens with zero attached hydrogens (tertiary/aromatic N) is 1. The Morgan fingerprint density at radius 1 is 1.30 bits per heavy atom. The smallest absolute Gasteiger partial charge is 0.225 e. The Balaban J connectivity index is 1.61. The average molecular weight is 334 g/mol. The van der Waals surface area contributed by atoms with Crippen LogP contribution < -0.4 is 5.32 Å². The predicted molar refractivity (Wildman–Crippen MR) is 92.1 cm³/mol. The summed E-state index contributed by atoms with van der Waals surface area (Å²) in [6.45, 7) is 3.32. The van der Waals surface area contributed by atoms with Crippen molar-refractivity contribution in [1.29, 1.82) is 0 Å². The number of piperidine rings is 1. The van der Waals surface area contributed by atoms with E-state index < -0.39 is 0 Å². The molecule has 0 aromatic carbocycles. The molecule has 1 aromatic heterocycles. The van der Waals surface area contributed by atoms with Crippen molar-refractivity contribution in [2.75, 3.05) is 13.1 Å². The minimum atomic E-state index is -0.191. The highest BCUT2D eigenvalue weighted by Crippen LogP contribution is 2.36. The largest absolute Gasteiger partial charge is 0.348 e. The summed E-state index contributed by atoms with van der Waals surface area (Å²) in [5.74, 6) is 1.63. The SMILES string of the molecule is CC(=O)N[C@H](CC(=O)N1CC[C@H]2CCCC[C@@H]2C1)c1cccs1. The highest BCUT2D eigenvalue weighted by atomic mass is 32.1. The van der Waals surface area contributed by atoms with Crippen molar-refractivity contribution in [1.82, 2.24) is 10.2 Å². The highest BCUT2D eigenvalue weighted by molar-refractivity contribution is 7.10. The number of carbonyl (C=O) groups excluding carboxylic acids is 2. The third-order valence-electron chi connectivity index (χ3n) is 5.29. The Kier molecular flexibility index (Phi) is 5.36. The lowest BCUT2D eigenvalue weighted by Gasteiger charge is -2.41. The van der Waals surface area contributed by atoms with E-state index in [9.17, 15) is 9.59 Å². The van der Waals surface area contributed by atoms with Gasteiger partial charge in [-0.1, -0.05) is 25.3 Å². The van der Waals surface area contributed by atoms with Gasteiger partial charge < -0.3 is 10.2 Å². The number of thiophene rings is 1. The number of carbonyl (C=O) groups is 2. The van der Waals surface area contributed by atoms with E-state index in [0.29, 0.717) is 12.3 Å². The predicted octanol–water partition coefficient (Wildman–Crippen LogP) is 3.35. The molecule has 2 aliphatic rings. The molecule has 1 aliphatic heterocycles. The van der Waals surface area contributed by atoms with Crippen molar-refractivity contribution in [3.63, 3.8) is 0 Å². The molecule has 0 unspecified atom stereocenters. The number of amides is 2. The second-order valence-corrected chi connectivity index (χ2v) is 7.88. The number of rotatable bonds is 4. The molecule has 2 amide bonds. The molecular weight excluding hydrogens is 308 g/mol. The van der Waals surface area contributed by atoms with Gasteiger partial charge in [0, 0.05) is 24.9 Å². The first-order valence-electron chi connectivity index (χ1n) is 8.71. The Morgan fingerprint density at radius 2 is 2.09 bits per heavy atom. The summed E-state index contributed by atoms with van der Waals surface area (Å²) in [7, 11) is 0. The maximum absolute atomic E-state index is 12.7. The normalized spacial score (nSPS) is 25.5. The molecule has 0 radical (unpaired) electrons. The van der Waals surface area contributed by atoms with Gasteiger partial charge in [-0.25, -0.2) is 0 Å².